The van der Waals surface area contributed by atoms with Crippen LogP contribution in [0.4, 0.5) is 17.8 Å². The first-order valence-electron chi connectivity index (χ1n) is 24.0. The number of anilines is 3. The highest BCUT2D eigenvalue weighted by atomic mass is 35.5. The Morgan fingerprint density at radius 2 is 1.24 bits per heavy atom. The minimum absolute atomic E-state index is 0. The highest BCUT2D eigenvalue weighted by Gasteiger charge is 2.36. The smallest absolute Gasteiger partial charge is 0.338 e. The van der Waals surface area contributed by atoms with Crippen LogP contribution in [0.1, 0.15) is 83.3 Å². The average Bonchev–Trinajstić information content (AvgIpc) is 4.02. The molecule has 4 atom stereocenters. The second kappa shape index (κ2) is 29.5. The zero-order valence-corrected chi connectivity index (χ0v) is 41.4. The van der Waals surface area contributed by atoms with Crippen LogP contribution in [-0.2, 0) is 36.6 Å². The van der Waals surface area contributed by atoms with E-state index in [1.807, 2.05) is 22.2 Å². The molecule has 68 heavy (non-hydrogen) atoms. The number of amides is 2. The molecule has 3 aromatic heterocycles. The lowest BCUT2D eigenvalue weighted by atomic mass is 9.97. The summed E-state index contributed by atoms with van der Waals surface area (Å²) in [5, 5.41) is 20.9. The summed E-state index contributed by atoms with van der Waals surface area (Å²) in [5.74, 6) is 4.21. The standard InChI is InChI=1S/C44H74N18O5.ClH/c1-6-25-65-27-29-67-30-28-66-26-16-49-42-50-43(59-21-17-57(18-22-59)39(63)37(33(4)7-2)61-31-35(53-55-61)12-9-10-14-45)52-44(51-42)60-23-19-58(20-24-60)40(64)38(34(5)8-3)62-32-36(54-56-62)13-11-15-48-41(46)47;/h1,31-34,37-38H,7-30,45H2,2-5H3,(H4,46,47,48)(H,49,50,51,52);1H/p+1. The van der Waals surface area contributed by atoms with Crippen molar-refractivity contribution in [3.05, 3.63) is 23.8 Å². The summed E-state index contributed by atoms with van der Waals surface area (Å²) in [4.78, 5) is 54.1. The van der Waals surface area contributed by atoms with Crippen LogP contribution in [0.2, 0.25) is 0 Å². The summed E-state index contributed by atoms with van der Waals surface area (Å²) in [6, 6.07) is -0.931. The number of aryl methyl sites for hydroxylation is 2. The number of nitrogens with one attached hydrogen (secondary N) is 2. The van der Waals surface area contributed by atoms with Gasteiger partial charge in [0.25, 0.3) is 0 Å². The van der Waals surface area contributed by atoms with Crippen molar-refractivity contribution in [2.45, 2.75) is 84.7 Å². The van der Waals surface area contributed by atoms with Crippen molar-refractivity contribution < 1.29 is 46.9 Å². The van der Waals surface area contributed by atoms with Crippen LogP contribution in [-0.4, -0.2) is 184 Å². The van der Waals surface area contributed by atoms with Gasteiger partial charge in [0.2, 0.25) is 29.7 Å². The molecule has 2 aliphatic heterocycles. The first kappa shape index (κ1) is 55.2. The molecular formula is C44H76ClN18O5+. The van der Waals surface area contributed by atoms with Crippen LogP contribution in [0, 0.1) is 24.2 Å². The van der Waals surface area contributed by atoms with Crippen molar-refractivity contribution in [2.75, 3.05) is 127 Å². The fourth-order valence-electron chi connectivity index (χ4n) is 7.94. The van der Waals surface area contributed by atoms with Crippen LogP contribution < -0.4 is 49.7 Å². The van der Waals surface area contributed by atoms with Crippen molar-refractivity contribution in [3.63, 3.8) is 0 Å². The third-order valence-electron chi connectivity index (χ3n) is 12.2. The van der Waals surface area contributed by atoms with Gasteiger partial charge >= 0.3 is 5.96 Å². The topological polar surface area (TPSA) is 281 Å². The molecule has 2 aliphatic rings. The van der Waals surface area contributed by atoms with Crippen LogP contribution in [0.5, 0.6) is 0 Å². The molecule has 5 rings (SSSR count). The number of quaternary nitrogens is 1. The number of carbonyl (C=O) groups excluding carboxylic acids is 2. The number of nitrogens with two attached hydrogens (primary N) is 2. The maximum atomic E-state index is 14.2. The fourth-order valence-corrected chi connectivity index (χ4v) is 7.94. The number of hydrogen-bond acceptors (Lipinski definition) is 15. The van der Waals surface area contributed by atoms with Gasteiger partial charge in [0.05, 0.1) is 57.5 Å². The molecule has 0 saturated carbocycles. The number of nitrogens with zero attached hydrogens (tertiary/aromatic N) is 13. The molecular weight excluding hydrogens is 896 g/mol. The molecule has 378 valence electrons. The van der Waals surface area contributed by atoms with E-state index in [1.54, 1.807) is 9.36 Å². The Bertz CT molecular complexity index is 2010. The molecule has 3 aromatic rings. The maximum absolute atomic E-state index is 14.2. The van der Waals surface area contributed by atoms with Gasteiger partial charge in [0.15, 0.2) is 0 Å². The van der Waals surface area contributed by atoms with Crippen LogP contribution in [0.15, 0.2) is 12.4 Å². The number of halogens is 1. The number of terminal acetylenes is 1. The van der Waals surface area contributed by atoms with E-state index in [0.29, 0.717) is 123 Å². The van der Waals surface area contributed by atoms with Crippen molar-refractivity contribution >= 4 is 35.6 Å². The van der Waals surface area contributed by atoms with Crippen LogP contribution in [0.25, 0.3) is 0 Å². The van der Waals surface area contributed by atoms with E-state index in [4.69, 9.17) is 47.1 Å². The largest absolute Gasteiger partial charge is 1.00 e. The molecule has 4 unspecified atom stereocenters. The molecule has 2 fully saturated rings. The molecule has 0 aliphatic carbocycles. The third-order valence-corrected chi connectivity index (χ3v) is 12.2. The highest BCUT2D eigenvalue weighted by molar-refractivity contribution is 5.81. The minimum Gasteiger partial charge on any atom is -1.00 e. The molecule has 9 N–H and O–H groups in total. The monoisotopic (exact) mass is 972 g/mol. The number of hydrogen-bond donors (Lipinski definition) is 5. The van der Waals surface area contributed by atoms with Gasteiger partial charge in [-0.3, -0.25) is 26.0 Å². The Hall–Kier alpha value is -5.41. The summed E-state index contributed by atoms with van der Waals surface area (Å²) < 4.78 is 20.0. The molecule has 2 saturated heterocycles. The molecule has 0 spiro atoms. The van der Waals surface area contributed by atoms with Gasteiger partial charge in [-0.25, -0.2) is 9.36 Å². The predicted octanol–water partition coefficient (Wildman–Crippen LogP) is -5.12. The number of rotatable bonds is 29. The van der Waals surface area contributed by atoms with E-state index in [9.17, 15) is 9.59 Å². The molecule has 5 heterocycles. The Morgan fingerprint density at radius 1 is 0.750 bits per heavy atom. The van der Waals surface area contributed by atoms with E-state index in [2.05, 4.69) is 80.1 Å². The van der Waals surface area contributed by atoms with Crippen molar-refractivity contribution in [1.82, 2.24) is 54.7 Å². The zero-order chi connectivity index (χ0) is 48.0. The van der Waals surface area contributed by atoms with E-state index < -0.39 is 12.1 Å². The Labute approximate surface area is 407 Å². The molecule has 0 radical (unpaired) electrons. The summed E-state index contributed by atoms with van der Waals surface area (Å²) in [7, 11) is 0. The lowest BCUT2D eigenvalue weighted by Gasteiger charge is -2.38. The Kier molecular flexibility index (Phi) is 23.9. The van der Waals surface area contributed by atoms with Crippen LogP contribution >= 0.6 is 0 Å². The number of guanidine groups is 1. The number of ether oxygens (including phenoxy) is 3. The summed E-state index contributed by atoms with van der Waals surface area (Å²) >= 11 is 0. The molecule has 23 nitrogen and oxygen atoms in total. The van der Waals surface area contributed by atoms with Gasteiger partial charge < -0.3 is 57.3 Å². The first-order valence-corrected chi connectivity index (χ1v) is 24.0. The lowest BCUT2D eigenvalue weighted by Crippen LogP contribution is -3.00. The number of unbranched alkanes of at least 4 members (excludes halogenated alkanes) is 1. The predicted molar refractivity (Wildman–Crippen MR) is 252 cm³/mol. The SMILES string of the molecule is C#CCOCCOCCOCCNc1nc(N2CCN(C(=O)C(C(C)CC)n3cc(CCCC[NH3+])nn3)CC2)nc(N2CCN(C(=O)C(C(C)CC)n3cc(CCC[NH+]=C(N)N)nn3)CC2)n1.[Cl-]. The molecule has 0 aromatic carbocycles. The second-order valence-corrected chi connectivity index (χ2v) is 17.1. The van der Waals surface area contributed by atoms with Crippen molar-refractivity contribution in [2.24, 2.45) is 23.3 Å². The van der Waals surface area contributed by atoms with Gasteiger partial charge in [-0.1, -0.05) is 56.9 Å². The van der Waals surface area contributed by atoms with E-state index in [-0.39, 0.29) is 48.6 Å². The maximum Gasteiger partial charge on any atom is 0.338 e. The third kappa shape index (κ3) is 16.7. The van der Waals surface area contributed by atoms with E-state index >= 15 is 0 Å². The summed E-state index contributed by atoms with van der Waals surface area (Å²) in [6.07, 6.45) is 14.9. The lowest BCUT2D eigenvalue weighted by molar-refractivity contribution is -0.459. The van der Waals surface area contributed by atoms with Crippen molar-refractivity contribution in [3.8, 4) is 12.3 Å². The fraction of sp³-hybridized carbons (Fsp3) is 0.727. The van der Waals surface area contributed by atoms with Gasteiger partial charge in [0.1, 0.15) is 18.7 Å². The van der Waals surface area contributed by atoms with E-state index in [0.717, 1.165) is 56.5 Å². The van der Waals surface area contributed by atoms with Gasteiger partial charge in [-0.2, -0.15) is 15.0 Å². The molecule has 0 bridgehead atoms. The van der Waals surface area contributed by atoms with Gasteiger partial charge in [-0.15, -0.1) is 16.6 Å². The normalized spacial score (nSPS) is 15.8. The number of piperazine rings is 2. The van der Waals surface area contributed by atoms with Gasteiger partial charge in [0, 0.05) is 71.3 Å². The second-order valence-electron chi connectivity index (χ2n) is 17.1. The van der Waals surface area contributed by atoms with Crippen molar-refractivity contribution in [1.29, 1.82) is 0 Å². The minimum atomic E-state index is -0.488. The average molecular weight is 973 g/mol. The van der Waals surface area contributed by atoms with E-state index in [1.165, 1.54) is 0 Å². The quantitative estimate of drug-likeness (QED) is 0.0188. The zero-order valence-electron chi connectivity index (χ0n) is 40.6. The van der Waals surface area contributed by atoms with Crippen LogP contribution in [0.3, 0.4) is 0 Å². The van der Waals surface area contributed by atoms with Gasteiger partial charge in [-0.05, 0) is 43.9 Å². The Balaban J connectivity index is 0.0000101. The molecule has 24 heteroatoms. The molecule has 2 amide bonds. The number of aromatic nitrogens is 9. The Morgan fingerprint density at radius 3 is 1.71 bits per heavy atom. The highest BCUT2D eigenvalue weighted by Crippen LogP contribution is 2.27. The number of carbonyl (C=O) groups is 2. The summed E-state index contributed by atoms with van der Waals surface area (Å²) in [6.45, 7) is 16.7. The summed E-state index contributed by atoms with van der Waals surface area (Å²) in [5.41, 5.74) is 16.7. The first-order chi connectivity index (χ1) is 32.6.